The van der Waals surface area contributed by atoms with Gasteiger partial charge in [0.2, 0.25) is 0 Å². The lowest BCUT2D eigenvalue weighted by molar-refractivity contribution is 0.0955. The lowest BCUT2D eigenvalue weighted by Crippen LogP contribution is -2.23. The average Bonchev–Trinajstić information content (AvgIpc) is 2.47. The van der Waals surface area contributed by atoms with Crippen LogP contribution in [0.5, 0.6) is 0 Å². The molecule has 0 aliphatic heterocycles. The van der Waals surface area contributed by atoms with Crippen LogP contribution in [0.15, 0.2) is 6.20 Å². The molecule has 4 heteroatoms. The van der Waals surface area contributed by atoms with Crippen LogP contribution in [-0.2, 0) is 6.54 Å². The molecule has 0 atom stereocenters. The van der Waals surface area contributed by atoms with Crippen LogP contribution in [0.3, 0.4) is 0 Å². The van der Waals surface area contributed by atoms with Crippen molar-refractivity contribution in [1.82, 2.24) is 15.1 Å². The molecule has 13 heavy (non-hydrogen) atoms. The van der Waals surface area contributed by atoms with Crippen molar-refractivity contribution in [1.29, 1.82) is 0 Å². The van der Waals surface area contributed by atoms with Crippen molar-refractivity contribution in [2.24, 2.45) is 0 Å². The molecule has 0 radical (unpaired) electrons. The maximum Gasteiger partial charge on any atom is 0.254 e. The van der Waals surface area contributed by atoms with Gasteiger partial charge in [-0.1, -0.05) is 0 Å². The Kier molecular flexibility index (Phi) is 3.06. The Morgan fingerprint density at radius 2 is 2.31 bits per heavy atom. The summed E-state index contributed by atoms with van der Waals surface area (Å²) in [5.41, 5.74) is 1.59. The van der Waals surface area contributed by atoms with E-state index in [9.17, 15) is 4.79 Å². The van der Waals surface area contributed by atoms with Crippen molar-refractivity contribution < 1.29 is 4.79 Å². The van der Waals surface area contributed by atoms with Crippen molar-refractivity contribution in [3.8, 4) is 0 Å². The van der Waals surface area contributed by atoms with Crippen molar-refractivity contribution in [3.05, 3.63) is 17.5 Å². The first-order valence-corrected chi connectivity index (χ1v) is 4.51. The number of rotatable bonds is 3. The largest absolute Gasteiger partial charge is 0.352 e. The molecule has 1 aromatic heterocycles. The molecule has 0 spiro atoms. The van der Waals surface area contributed by atoms with E-state index in [-0.39, 0.29) is 5.91 Å². The topological polar surface area (TPSA) is 46.9 Å². The molecule has 0 saturated heterocycles. The van der Waals surface area contributed by atoms with Crippen LogP contribution in [-0.4, -0.2) is 22.2 Å². The number of amides is 1. The van der Waals surface area contributed by atoms with Crippen molar-refractivity contribution in [2.75, 3.05) is 6.54 Å². The molecule has 1 heterocycles. The van der Waals surface area contributed by atoms with E-state index in [2.05, 4.69) is 10.4 Å². The van der Waals surface area contributed by atoms with Gasteiger partial charge in [0.1, 0.15) is 0 Å². The Labute approximate surface area is 77.9 Å². The van der Waals surface area contributed by atoms with Gasteiger partial charge in [0.25, 0.3) is 5.91 Å². The van der Waals surface area contributed by atoms with Crippen molar-refractivity contribution in [3.63, 3.8) is 0 Å². The summed E-state index contributed by atoms with van der Waals surface area (Å²) in [5, 5.41) is 6.84. The van der Waals surface area contributed by atoms with Gasteiger partial charge < -0.3 is 5.32 Å². The maximum absolute atomic E-state index is 11.4. The third-order valence-corrected chi connectivity index (χ3v) is 1.98. The first-order valence-electron chi connectivity index (χ1n) is 4.51. The normalized spacial score (nSPS) is 10.1. The summed E-state index contributed by atoms with van der Waals surface area (Å²) in [5.74, 6) is -0.0419. The van der Waals surface area contributed by atoms with Gasteiger partial charge in [0.15, 0.2) is 0 Å². The predicted molar refractivity (Wildman–Crippen MR) is 50.6 cm³/mol. The second kappa shape index (κ2) is 4.07. The Morgan fingerprint density at radius 3 is 2.77 bits per heavy atom. The Balaban J connectivity index is 2.89. The van der Waals surface area contributed by atoms with E-state index >= 15 is 0 Å². The summed E-state index contributed by atoms with van der Waals surface area (Å²) in [6.45, 7) is 7.25. The van der Waals surface area contributed by atoms with Crippen molar-refractivity contribution >= 4 is 5.91 Å². The van der Waals surface area contributed by atoms with Crippen LogP contribution in [0.25, 0.3) is 0 Å². The van der Waals surface area contributed by atoms with Gasteiger partial charge in [-0.15, -0.1) is 0 Å². The number of hydrogen-bond acceptors (Lipinski definition) is 2. The Morgan fingerprint density at radius 1 is 1.62 bits per heavy atom. The smallest absolute Gasteiger partial charge is 0.254 e. The molecule has 1 amide bonds. The minimum atomic E-state index is -0.0419. The number of carbonyl (C=O) groups excluding carboxylic acids is 1. The minimum Gasteiger partial charge on any atom is -0.352 e. The van der Waals surface area contributed by atoms with Crippen LogP contribution in [0, 0.1) is 6.92 Å². The molecule has 1 N–H and O–H groups in total. The summed E-state index contributed by atoms with van der Waals surface area (Å²) in [6, 6.07) is 0. The van der Waals surface area contributed by atoms with E-state index in [4.69, 9.17) is 0 Å². The number of carbonyl (C=O) groups is 1. The van der Waals surface area contributed by atoms with Crippen LogP contribution < -0.4 is 5.32 Å². The lowest BCUT2D eigenvalue weighted by Gasteiger charge is -2.02. The van der Waals surface area contributed by atoms with E-state index in [1.807, 2.05) is 25.5 Å². The fourth-order valence-corrected chi connectivity index (χ4v) is 1.24. The average molecular weight is 181 g/mol. The van der Waals surface area contributed by atoms with Gasteiger partial charge in [-0.3, -0.25) is 9.48 Å². The number of nitrogens with zero attached hydrogens (tertiary/aromatic N) is 2. The Hall–Kier alpha value is -1.32. The Bertz CT molecular complexity index is 304. The number of hydrogen-bond donors (Lipinski definition) is 1. The highest BCUT2D eigenvalue weighted by molar-refractivity contribution is 5.94. The van der Waals surface area contributed by atoms with E-state index in [1.165, 1.54) is 0 Å². The van der Waals surface area contributed by atoms with E-state index in [0.717, 1.165) is 12.2 Å². The van der Waals surface area contributed by atoms with Gasteiger partial charge in [0, 0.05) is 18.8 Å². The van der Waals surface area contributed by atoms with Crippen LogP contribution in [0.4, 0.5) is 0 Å². The van der Waals surface area contributed by atoms with E-state index in [1.54, 1.807) is 6.20 Å². The van der Waals surface area contributed by atoms with Gasteiger partial charge in [-0.25, -0.2) is 0 Å². The first kappa shape index (κ1) is 9.77. The molecule has 0 unspecified atom stereocenters. The van der Waals surface area contributed by atoms with Gasteiger partial charge in [-0.05, 0) is 20.8 Å². The summed E-state index contributed by atoms with van der Waals surface area (Å²) in [7, 11) is 0. The summed E-state index contributed by atoms with van der Waals surface area (Å²) < 4.78 is 1.81. The summed E-state index contributed by atoms with van der Waals surface area (Å²) in [6.07, 6.45) is 1.61. The predicted octanol–water partition coefficient (Wildman–Crippen LogP) is 0.961. The highest BCUT2D eigenvalue weighted by Crippen LogP contribution is 2.06. The fraction of sp³-hybridized carbons (Fsp3) is 0.556. The van der Waals surface area contributed by atoms with Gasteiger partial charge in [0.05, 0.1) is 11.8 Å². The SMILES string of the molecule is CCNC(=O)c1cnn(CC)c1C. The molecule has 0 aliphatic carbocycles. The van der Waals surface area contributed by atoms with Crippen molar-refractivity contribution in [2.45, 2.75) is 27.3 Å². The summed E-state index contributed by atoms with van der Waals surface area (Å²) >= 11 is 0. The fourth-order valence-electron chi connectivity index (χ4n) is 1.24. The standard InChI is InChI=1S/C9H15N3O/c1-4-10-9(13)8-6-11-12(5-2)7(8)3/h6H,4-5H2,1-3H3,(H,10,13). The minimum absolute atomic E-state index is 0.0419. The zero-order valence-electron chi connectivity index (χ0n) is 8.29. The van der Waals surface area contributed by atoms with Crippen LogP contribution in [0.1, 0.15) is 29.9 Å². The zero-order chi connectivity index (χ0) is 9.84. The molecular formula is C9H15N3O. The van der Waals surface area contributed by atoms with Crippen LogP contribution >= 0.6 is 0 Å². The second-order valence-electron chi connectivity index (χ2n) is 2.82. The molecule has 0 saturated carbocycles. The van der Waals surface area contributed by atoms with Crippen LogP contribution in [0.2, 0.25) is 0 Å². The molecule has 0 aliphatic rings. The van der Waals surface area contributed by atoms with Gasteiger partial charge >= 0.3 is 0 Å². The maximum atomic E-state index is 11.4. The number of aryl methyl sites for hydroxylation is 1. The molecule has 1 aromatic rings. The molecule has 0 fully saturated rings. The number of aromatic nitrogens is 2. The molecule has 0 aromatic carbocycles. The quantitative estimate of drug-likeness (QED) is 0.755. The molecule has 1 rings (SSSR count). The van der Waals surface area contributed by atoms with Gasteiger partial charge in [-0.2, -0.15) is 5.10 Å². The molecular weight excluding hydrogens is 166 g/mol. The summed E-state index contributed by atoms with van der Waals surface area (Å²) in [4.78, 5) is 11.4. The zero-order valence-corrected chi connectivity index (χ0v) is 8.29. The first-order chi connectivity index (χ1) is 6.20. The lowest BCUT2D eigenvalue weighted by atomic mass is 10.2. The monoisotopic (exact) mass is 181 g/mol. The third kappa shape index (κ3) is 1.88. The van der Waals surface area contributed by atoms with E-state index < -0.39 is 0 Å². The molecule has 72 valence electrons. The molecule has 0 bridgehead atoms. The number of nitrogens with one attached hydrogen (secondary N) is 1. The van der Waals surface area contributed by atoms with E-state index in [0.29, 0.717) is 12.1 Å². The second-order valence-corrected chi connectivity index (χ2v) is 2.82. The molecule has 4 nitrogen and oxygen atoms in total. The third-order valence-electron chi connectivity index (χ3n) is 1.98. The highest BCUT2D eigenvalue weighted by Gasteiger charge is 2.11. The highest BCUT2D eigenvalue weighted by atomic mass is 16.1.